The molecule has 1 aliphatic carbocycles. The summed E-state index contributed by atoms with van der Waals surface area (Å²) in [6.07, 6.45) is 1.66. The Bertz CT molecular complexity index is 970. The second-order valence-electron chi connectivity index (χ2n) is 6.18. The molecular weight excluding hydrogens is 372 g/mol. The van der Waals surface area contributed by atoms with E-state index in [9.17, 15) is 9.59 Å². The quantitative estimate of drug-likeness (QED) is 0.849. The number of hydrogen-bond acceptors (Lipinski definition) is 5. The number of aryl methyl sites for hydroxylation is 1. The van der Waals surface area contributed by atoms with Crippen LogP contribution in [0.4, 0.5) is 4.79 Å². The first-order valence-electron chi connectivity index (χ1n) is 8.07. The largest absolute Gasteiger partial charge is 0.456 e. The lowest BCUT2D eigenvalue weighted by Crippen LogP contribution is -2.27. The fourth-order valence-electron chi connectivity index (χ4n) is 3.42. The van der Waals surface area contributed by atoms with Gasteiger partial charge < -0.3 is 4.74 Å². The minimum absolute atomic E-state index is 0.0361. The van der Waals surface area contributed by atoms with Gasteiger partial charge in [0.25, 0.3) is 5.24 Å². The SMILES string of the molecule is N#Cc1ccc(Oc2ccc3c(c2)CC[C@H]3C2SC(=O)NC2=O)c(Cl)c1. The Balaban J connectivity index is 1.56. The van der Waals surface area contributed by atoms with Crippen molar-refractivity contribution in [3.05, 3.63) is 58.1 Å². The summed E-state index contributed by atoms with van der Waals surface area (Å²) in [6.45, 7) is 0. The van der Waals surface area contributed by atoms with E-state index in [-0.39, 0.29) is 22.3 Å². The summed E-state index contributed by atoms with van der Waals surface area (Å²) in [5.41, 5.74) is 2.68. The molecule has 1 unspecified atom stereocenters. The van der Waals surface area contributed by atoms with E-state index >= 15 is 0 Å². The number of nitrogens with one attached hydrogen (secondary N) is 1. The van der Waals surface area contributed by atoms with Crippen LogP contribution >= 0.6 is 23.4 Å². The Labute approximate surface area is 159 Å². The highest BCUT2D eigenvalue weighted by Gasteiger charge is 2.41. The van der Waals surface area contributed by atoms with Crippen LogP contribution in [0.1, 0.15) is 29.0 Å². The predicted octanol–water partition coefficient (Wildman–Crippen LogP) is 4.39. The van der Waals surface area contributed by atoms with E-state index in [1.165, 1.54) is 0 Å². The third-order valence-corrected chi connectivity index (χ3v) is 6.02. The van der Waals surface area contributed by atoms with Crippen molar-refractivity contribution >= 4 is 34.5 Å². The van der Waals surface area contributed by atoms with Gasteiger partial charge in [-0.15, -0.1) is 0 Å². The smallest absolute Gasteiger partial charge is 0.286 e. The second-order valence-corrected chi connectivity index (χ2v) is 7.70. The summed E-state index contributed by atoms with van der Waals surface area (Å²) in [4.78, 5) is 23.4. The van der Waals surface area contributed by atoms with Crippen molar-refractivity contribution in [2.45, 2.75) is 24.0 Å². The fourth-order valence-corrected chi connectivity index (χ4v) is 4.64. The normalized spacial score (nSPS) is 21.2. The molecule has 5 nitrogen and oxygen atoms in total. The molecule has 7 heteroatoms. The van der Waals surface area contributed by atoms with Gasteiger partial charge in [-0.1, -0.05) is 29.4 Å². The molecule has 4 rings (SSSR count). The standard InChI is InChI=1S/C19H13ClN2O3S/c20-15-7-10(9-21)1-6-16(15)25-12-3-5-13-11(8-12)2-4-14(13)17-18(23)22-19(24)26-17/h1,3,5-8,14,17H,2,4H2,(H,22,23,24)/t14-,17?/m1/s1. The van der Waals surface area contributed by atoms with Crippen LogP contribution in [0.3, 0.4) is 0 Å². The van der Waals surface area contributed by atoms with Gasteiger partial charge in [-0.25, -0.2) is 0 Å². The van der Waals surface area contributed by atoms with E-state index in [0.717, 1.165) is 35.7 Å². The summed E-state index contributed by atoms with van der Waals surface area (Å²) in [7, 11) is 0. The van der Waals surface area contributed by atoms with Gasteiger partial charge in [-0.2, -0.15) is 5.26 Å². The molecule has 1 saturated heterocycles. The number of fused-ring (bicyclic) bond motifs is 1. The lowest BCUT2D eigenvalue weighted by molar-refractivity contribution is -0.119. The summed E-state index contributed by atoms with van der Waals surface area (Å²) in [6, 6.07) is 12.7. The molecule has 2 aliphatic rings. The van der Waals surface area contributed by atoms with Crippen LogP contribution in [-0.4, -0.2) is 16.4 Å². The first-order chi connectivity index (χ1) is 12.5. The number of amides is 2. The maximum atomic E-state index is 12.0. The van der Waals surface area contributed by atoms with Crippen molar-refractivity contribution in [1.29, 1.82) is 5.26 Å². The average molecular weight is 385 g/mol. The summed E-state index contributed by atoms with van der Waals surface area (Å²) in [5.74, 6) is 0.962. The zero-order valence-corrected chi connectivity index (χ0v) is 15.1. The highest BCUT2D eigenvalue weighted by atomic mass is 35.5. The molecule has 130 valence electrons. The van der Waals surface area contributed by atoms with Gasteiger partial charge in [0.1, 0.15) is 16.7 Å². The van der Waals surface area contributed by atoms with Crippen molar-refractivity contribution < 1.29 is 14.3 Å². The number of nitrogens with zero attached hydrogens (tertiary/aromatic N) is 1. The number of halogens is 1. The Morgan fingerprint density at radius 1 is 1.23 bits per heavy atom. The zero-order chi connectivity index (χ0) is 18.3. The highest BCUT2D eigenvalue weighted by molar-refractivity contribution is 8.15. The van der Waals surface area contributed by atoms with E-state index in [1.54, 1.807) is 18.2 Å². The molecule has 1 aliphatic heterocycles. The van der Waals surface area contributed by atoms with Crippen molar-refractivity contribution in [3.8, 4) is 17.6 Å². The third-order valence-electron chi connectivity index (χ3n) is 4.61. The number of imide groups is 1. The fraction of sp³-hybridized carbons (Fsp3) is 0.211. The Hall–Kier alpha value is -2.49. The van der Waals surface area contributed by atoms with Gasteiger partial charge in [0.2, 0.25) is 5.91 Å². The van der Waals surface area contributed by atoms with Crippen molar-refractivity contribution in [3.63, 3.8) is 0 Å². The number of benzene rings is 2. The molecule has 2 aromatic carbocycles. The van der Waals surface area contributed by atoms with Gasteiger partial charge in [-0.05, 0) is 54.3 Å². The zero-order valence-electron chi connectivity index (χ0n) is 13.5. The molecule has 0 spiro atoms. The van der Waals surface area contributed by atoms with Crippen LogP contribution < -0.4 is 10.1 Å². The number of thioether (sulfide) groups is 1. The van der Waals surface area contributed by atoms with Crippen LogP contribution in [0.5, 0.6) is 11.5 Å². The number of carbonyl (C=O) groups is 2. The minimum atomic E-state index is -0.358. The average Bonchev–Trinajstić information content (AvgIpc) is 3.18. The monoisotopic (exact) mass is 384 g/mol. The first-order valence-corrected chi connectivity index (χ1v) is 9.33. The Morgan fingerprint density at radius 3 is 2.77 bits per heavy atom. The lowest BCUT2D eigenvalue weighted by atomic mass is 9.97. The van der Waals surface area contributed by atoms with E-state index in [1.807, 2.05) is 24.3 Å². The molecule has 2 atom stereocenters. The molecule has 1 N–H and O–H groups in total. The summed E-state index contributed by atoms with van der Waals surface area (Å²) < 4.78 is 5.85. The van der Waals surface area contributed by atoms with Crippen LogP contribution in [0, 0.1) is 11.3 Å². The number of ether oxygens (including phenoxy) is 1. The molecule has 1 heterocycles. The maximum absolute atomic E-state index is 12.0. The van der Waals surface area contributed by atoms with Crippen molar-refractivity contribution in [2.24, 2.45) is 0 Å². The minimum Gasteiger partial charge on any atom is -0.456 e. The summed E-state index contributed by atoms with van der Waals surface area (Å²) in [5, 5.41) is 11.0. The number of nitriles is 1. The molecule has 0 aromatic heterocycles. The van der Waals surface area contributed by atoms with E-state index in [2.05, 4.69) is 5.32 Å². The van der Waals surface area contributed by atoms with Crippen LogP contribution in [0.15, 0.2) is 36.4 Å². The molecule has 2 aromatic rings. The first kappa shape index (κ1) is 17.0. The van der Waals surface area contributed by atoms with Crippen LogP contribution in [0.25, 0.3) is 0 Å². The molecule has 1 fully saturated rings. The van der Waals surface area contributed by atoms with Crippen molar-refractivity contribution in [1.82, 2.24) is 5.32 Å². The van der Waals surface area contributed by atoms with Gasteiger partial charge in [0, 0.05) is 5.92 Å². The Kier molecular flexibility index (Phi) is 4.35. The molecular formula is C19H13ClN2O3S. The van der Waals surface area contributed by atoms with Gasteiger partial charge >= 0.3 is 0 Å². The topological polar surface area (TPSA) is 79.2 Å². The molecule has 0 saturated carbocycles. The van der Waals surface area contributed by atoms with E-state index in [4.69, 9.17) is 21.6 Å². The van der Waals surface area contributed by atoms with Crippen LogP contribution in [0.2, 0.25) is 5.02 Å². The van der Waals surface area contributed by atoms with E-state index in [0.29, 0.717) is 22.1 Å². The van der Waals surface area contributed by atoms with Gasteiger partial charge in [-0.3, -0.25) is 14.9 Å². The van der Waals surface area contributed by atoms with Gasteiger partial charge in [0.05, 0.1) is 16.7 Å². The molecule has 0 radical (unpaired) electrons. The van der Waals surface area contributed by atoms with Crippen molar-refractivity contribution in [2.75, 3.05) is 0 Å². The van der Waals surface area contributed by atoms with Crippen LogP contribution in [-0.2, 0) is 11.2 Å². The highest BCUT2D eigenvalue weighted by Crippen LogP contribution is 2.43. The number of hydrogen-bond donors (Lipinski definition) is 1. The molecule has 2 amide bonds. The molecule has 26 heavy (non-hydrogen) atoms. The summed E-state index contributed by atoms with van der Waals surface area (Å²) >= 11 is 7.23. The lowest BCUT2D eigenvalue weighted by Gasteiger charge is -2.16. The Morgan fingerprint density at radius 2 is 2.08 bits per heavy atom. The predicted molar refractivity (Wildman–Crippen MR) is 98.7 cm³/mol. The third kappa shape index (κ3) is 3.05. The number of rotatable bonds is 3. The second kappa shape index (κ2) is 6.67. The van der Waals surface area contributed by atoms with E-state index < -0.39 is 0 Å². The number of carbonyl (C=O) groups excluding carboxylic acids is 2. The maximum Gasteiger partial charge on any atom is 0.286 e. The molecule has 0 bridgehead atoms. The van der Waals surface area contributed by atoms with Gasteiger partial charge in [0.15, 0.2) is 0 Å².